The number of benzene rings is 2. The van der Waals surface area contributed by atoms with Gasteiger partial charge in [0.1, 0.15) is 13.2 Å². The zero-order valence-corrected chi connectivity index (χ0v) is 20.2. The van der Waals surface area contributed by atoms with Crippen molar-refractivity contribution in [1.82, 2.24) is 30.1 Å². The van der Waals surface area contributed by atoms with E-state index in [9.17, 15) is 4.79 Å². The van der Waals surface area contributed by atoms with Gasteiger partial charge in [-0.05, 0) is 41.0 Å². The first kappa shape index (κ1) is 22.7. The number of pyridine rings is 1. The Kier molecular flexibility index (Phi) is 6.38. The molecule has 0 amide bonds. The van der Waals surface area contributed by atoms with E-state index >= 15 is 0 Å². The van der Waals surface area contributed by atoms with Crippen molar-refractivity contribution < 1.29 is 9.47 Å². The van der Waals surface area contributed by atoms with Crippen LogP contribution in [0.15, 0.2) is 53.3 Å². The van der Waals surface area contributed by atoms with Gasteiger partial charge in [0.05, 0.1) is 18.6 Å². The van der Waals surface area contributed by atoms with Crippen LogP contribution in [0, 0.1) is 0 Å². The number of ether oxygens (including phenoxy) is 2. The summed E-state index contributed by atoms with van der Waals surface area (Å²) in [5, 5.41) is 13.5. The van der Waals surface area contributed by atoms with Crippen LogP contribution in [-0.2, 0) is 19.6 Å². The third-order valence-corrected chi connectivity index (χ3v) is 7.17. The molecule has 4 aromatic rings. The van der Waals surface area contributed by atoms with Crippen molar-refractivity contribution in [1.29, 1.82) is 0 Å². The van der Waals surface area contributed by atoms with E-state index in [0.29, 0.717) is 44.6 Å². The minimum absolute atomic E-state index is 0.0798. The molecule has 9 nitrogen and oxygen atoms in total. The maximum atomic E-state index is 13.1. The molecule has 1 N–H and O–H groups in total. The molecule has 2 aliphatic rings. The molecule has 1 aliphatic heterocycles. The van der Waals surface area contributed by atoms with Crippen LogP contribution in [0.2, 0.25) is 0 Å². The lowest BCUT2D eigenvalue weighted by Crippen LogP contribution is -2.38. The molecule has 0 bridgehead atoms. The van der Waals surface area contributed by atoms with Crippen molar-refractivity contribution in [3.8, 4) is 11.5 Å². The summed E-state index contributed by atoms with van der Waals surface area (Å²) in [4.78, 5) is 18.6. The number of aromatic nitrogens is 5. The molecule has 9 heteroatoms. The lowest BCUT2D eigenvalue weighted by molar-refractivity contribution is 0.134. The predicted octanol–water partition coefficient (Wildman–Crippen LogP) is 3.67. The molecule has 0 unspecified atom stereocenters. The summed E-state index contributed by atoms with van der Waals surface area (Å²) in [6.45, 7) is 2.78. The van der Waals surface area contributed by atoms with Gasteiger partial charge in [0.25, 0.3) is 5.56 Å². The Morgan fingerprint density at radius 1 is 0.972 bits per heavy atom. The van der Waals surface area contributed by atoms with Gasteiger partial charge in [-0.2, -0.15) is 0 Å². The monoisotopic (exact) mass is 486 g/mol. The third-order valence-electron chi connectivity index (χ3n) is 7.17. The van der Waals surface area contributed by atoms with Gasteiger partial charge >= 0.3 is 0 Å². The molecule has 1 aliphatic carbocycles. The molecule has 2 aromatic carbocycles. The van der Waals surface area contributed by atoms with Crippen LogP contribution in [-0.4, -0.2) is 49.3 Å². The lowest BCUT2D eigenvalue weighted by atomic mass is 9.93. The number of tetrazole rings is 1. The zero-order valence-electron chi connectivity index (χ0n) is 20.2. The Hall–Kier alpha value is -3.72. The van der Waals surface area contributed by atoms with E-state index in [1.807, 2.05) is 41.1 Å². The average Bonchev–Trinajstić information content (AvgIpc) is 3.35. The SMILES string of the molecule is O=c1[nH]c2cc3c(cc2cc1CN(Cc1nnnn1Cc1ccccc1)C1CCCCC1)OCCO3. The Labute approximate surface area is 209 Å². The highest BCUT2D eigenvalue weighted by molar-refractivity contribution is 5.83. The number of H-pyrrole nitrogens is 1. The van der Waals surface area contributed by atoms with Crippen molar-refractivity contribution >= 4 is 10.9 Å². The third kappa shape index (κ3) is 4.83. The quantitative estimate of drug-likeness (QED) is 0.426. The van der Waals surface area contributed by atoms with Crippen LogP contribution in [0.25, 0.3) is 10.9 Å². The van der Waals surface area contributed by atoms with E-state index in [0.717, 1.165) is 46.4 Å². The summed E-state index contributed by atoms with van der Waals surface area (Å²) >= 11 is 0. The van der Waals surface area contributed by atoms with Gasteiger partial charge in [-0.3, -0.25) is 9.69 Å². The van der Waals surface area contributed by atoms with E-state index in [1.165, 1.54) is 19.3 Å². The lowest BCUT2D eigenvalue weighted by Gasteiger charge is -2.33. The summed E-state index contributed by atoms with van der Waals surface area (Å²) in [6.07, 6.45) is 5.90. The average molecular weight is 487 g/mol. The van der Waals surface area contributed by atoms with E-state index in [-0.39, 0.29) is 5.56 Å². The van der Waals surface area contributed by atoms with Gasteiger partial charge in [-0.25, -0.2) is 4.68 Å². The Balaban J connectivity index is 1.29. The highest BCUT2D eigenvalue weighted by Gasteiger charge is 2.25. The fourth-order valence-corrected chi connectivity index (χ4v) is 5.28. The highest BCUT2D eigenvalue weighted by atomic mass is 16.6. The van der Waals surface area contributed by atoms with Crippen molar-refractivity contribution in [2.75, 3.05) is 13.2 Å². The number of hydrogen-bond acceptors (Lipinski definition) is 7. The van der Waals surface area contributed by atoms with Crippen molar-refractivity contribution in [2.45, 2.75) is 57.8 Å². The fourth-order valence-electron chi connectivity index (χ4n) is 5.28. The normalized spacial score (nSPS) is 16.0. The van der Waals surface area contributed by atoms with Crippen molar-refractivity contribution in [3.63, 3.8) is 0 Å². The standard InChI is InChI=1S/C27H30N6O3/c34-27-21(13-20-14-24-25(15-23(20)28-27)36-12-11-35-24)17-32(22-9-5-2-6-10-22)18-26-29-30-31-33(26)16-19-7-3-1-4-8-19/h1,3-4,7-8,13-15,22H,2,5-6,9-12,16-18H2,(H,28,34). The van der Waals surface area contributed by atoms with E-state index in [4.69, 9.17) is 9.47 Å². The van der Waals surface area contributed by atoms with Crippen LogP contribution in [0.1, 0.15) is 49.1 Å². The molecule has 0 radical (unpaired) electrons. The smallest absolute Gasteiger partial charge is 0.252 e. The van der Waals surface area contributed by atoms with E-state index in [1.54, 1.807) is 0 Å². The highest BCUT2D eigenvalue weighted by Crippen LogP contribution is 2.34. The van der Waals surface area contributed by atoms with Gasteiger partial charge in [-0.1, -0.05) is 49.6 Å². The maximum absolute atomic E-state index is 13.1. The second-order valence-corrected chi connectivity index (χ2v) is 9.64. The first-order valence-corrected chi connectivity index (χ1v) is 12.7. The van der Waals surface area contributed by atoms with Crippen LogP contribution < -0.4 is 15.0 Å². The van der Waals surface area contributed by atoms with Crippen molar-refractivity contribution in [2.24, 2.45) is 0 Å². The Morgan fingerprint density at radius 3 is 2.56 bits per heavy atom. The van der Waals surface area contributed by atoms with E-state index < -0.39 is 0 Å². The molecule has 1 fully saturated rings. The number of fused-ring (bicyclic) bond motifs is 2. The molecular weight excluding hydrogens is 456 g/mol. The number of nitrogens with one attached hydrogen (secondary N) is 1. The molecule has 0 saturated heterocycles. The van der Waals surface area contributed by atoms with Crippen LogP contribution in [0.5, 0.6) is 11.5 Å². The van der Waals surface area contributed by atoms with Gasteiger partial charge < -0.3 is 14.5 Å². The second-order valence-electron chi connectivity index (χ2n) is 9.64. The number of nitrogens with zero attached hydrogens (tertiary/aromatic N) is 5. The zero-order chi connectivity index (χ0) is 24.3. The molecule has 6 rings (SSSR count). The topological polar surface area (TPSA) is 98.2 Å². The first-order chi connectivity index (χ1) is 17.7. The van der Waals surface area contributed by atoms with Gasteiger partial charge in [0, 0.05) is 29.6 Å². The molecular formula is C27H30N6O3. The van der Waals surface area contributed by atoms with Gasteiger partial charge in [0.15, 0.2) is 17.3 Å². The van der Waals surface area contributed by atoms with Gasteiger partial charge in [-0.15, -0.1) is 5.10 Å². The second kappa shape index (κ2) is 10.1. The maximum Gasteiger partial charge on any atom is 0.252 e. The van der Waals surface area contributed by atoms with Gasteiger partial charge in [0.2, 0.25) is 0 Å². The van der Waals surface area contributed by atoms with Crippen LogP contribution >= 0.6 is 0 Å². The van der Waals surface area contributed by atoms with Crippen LogP contribution in [0.3, 0.4) is 0 Å². The first-order valence-electron chi connectivity index (χ1n) is 12.7. The summed E-state index contributed by atoms with van der Waals surface area (Å²) in [5.41, 5.74) is 2.55. The number of aromatic amines is 1. The summed E-state index contributed by atoms with van der Waals surface area (Å²) in [6, 6.07) is 16.4. The van der Waals surface area contributed by atoms with Crippen molar-refractivity contribution in [3.05, 3.63) is 75.8 Å². The Morgan fingerprint density at radius 2 is 1.75 bits per heavy atom. The molecule has 186 valence electrons. The summed E-state index contributed by atoms with van der Waals surface area (Å²) in [5.74, 6) is 2.20. The van der Waals surface area contributed by atoms with Crippen LogP contribution in [0.4, 0.5) is 0 Å². The fraction of sp³-hybridized carbons (Fsp3) is 0.407. The largest absolute Gasteiger partial charge is 0.486 e. The molecule has 0 atom stereocenters. The minimum Gasteiger partial charge on any atom is -0.486 e. The summed E-state index contributed by atoms with van der Waals surface area (Å²) < 4.78 is 13.3. The molecule has 36 heavy (non-hydrogen) atoms. The molecule has 1 saturated carbocycles. The molecule has 2 aromatic heterocycles. The van der Waals surface area contributed by atoms with E-state index in [2.05, 4.69) is 37.5 Å². The number of rotatable bonds is 7. The predicted molar refractivity (Wildman–Crippen MR) is 135 cm³/mol. The molecule has 0 spiro atoms. The molecule has 3 heterocycles. The Bertz CT molecular complexity index is 1390. The number of hydrogen-bond donors (Lipinski definition) is 1. The summed E-state index contributed by atoms with van der Waals surface area (Å²) in [7, 11) is 0. The minimum atomic E-state index is -0.0798.